The van der Waals surface area contributed by atoms with Gasteiger partial charge in [0.25, 0.3) is 0 Å². The fourth-order valence-corrected chi connectivity index (χ4v) is 2.28. The molecule has 1 unspecified atom stereocenters. The fraction of sp³-hybridized carbons (Fsp3) is 0.625. The van der Waals surface area contributed by atoms with E-state index >= 15 is 0 Å². The van der Waals surface area contributed by atoms with Crippen LogP contribution in [0.3, 0.4) is 0 Å². The number of likely N-dealkylation sites (N-methyl/N-ethyl adjacent to an activating group) is 1. The molecule has 0 heterocycles. The Bertz CT molecular complexity index is 390. The average Bonchev–Trinajstić information content (AvgIpc) is 3.20. The van der Waals surface area contributed by atoms with E-state index in [0.29, 0.717) is 5.92 Å². The Morgan fingerprint density at radius 3 is 2.79 bits per heavy atom. The number of hydrogen-bond donors (Lipinski definition) is 1. The molecule has 1 N–H and O–H groups in total. The van der Waals surface area contributed by atoms with Crippen LogP contribution in [0.25, 0.3) is 0 Å². The maximum atomic E-state index is 9.86. The van der Waals surface area contributed by atoms with Crippen LogP contribution in [0.1, 0.15) is 24.8 Å². The molecule has 0 bridgehead atoms. The zero-order valence-corrected chi connectivity index (χ0v) is 12.0. The van der Waals surface area contributed by atoms with Gasteiger partial charge in [0.15, 0.2) is 0 Å². The molecule has 106 valence electrons. The fourth-order valence-electron chi connectivity index (χ4n) is 2.28. The van der Waals surface area contributed by atoms with Gasteiger partial charge in [0.1, 0.15) is 5.75 Å². The van der Waals surface area contributed by atoms with Crippen LogP contribution < -0.4 is 4.74 Å². The predicted octanol–water partition coefficient (Wildman–Crippen LogP) is 2.47. The minimum atomic E-state index is -0.137. The van der Waals surface area contributed by atoms with Gasteiger partial charge in [-0.2, -0.15) is 0 Å². The molecule has 1 aliphatic carbocycles. The minimum absolute atomic E-state index is 0.137. The Morgan fingerprint density at radius 2 is 2.11 bits per heavy atom. The number of hydrogen-bond acceptors (Lipinski definition) is 3. The molecule has 3 nitrogen and oxygen atoms in total. The lowest BCUT2D eigenvalue weighted by Gasteiger charge is -2.20. The Labute approximate surface area is 116 Å². The van der Waals surface area contributed by atoms with Crippen LogP contribution in [0.5, 0.6) is 5.75 Å². The number of aryl methyl sites for hydroxylation is 1. The van der Waals surface area contributed by atoms with Crippen molar-refractivity contribution < 1.29 is 9.84 Å². The van der Waals surface area contributed by atoms with E-state index in [-0.39, 0.29) is 6.10 Å². The number of rotatable bonds is 8. The summed E-state index contributed by atoms with van der Waals surface area (Å²) in [6.45, 7) is 4.55. The van der Waals surface area contributed by atoms with E-state index in [4.69, 9.17) is 4.74 Å². The van der Waals surface area contributed by atoms with Crippen LogP contribution in [0, 0.1) is 12.8 Å². The van der Waals surface area contributed by atoms with Gasteiger partial charge in [0.2, 0.25) is 0 Å². The zero-order chi connectivity index (χ0) is 13.7. The van der Waals surface area contributed by atoms with Crippen molar-refractivity contribution in [3.05, 3.63) is 29.8 Å². The summed E-state index contributed by atoms with van der Waals surface area (Å²) in [5, 5.41) is 9.86. The first-order valence-electron chi connectivity index (χ1n) is 7.22. The summed E-state index contributed by atoms with van der Waals surface area (Å²) in [5.74, 6) is 1.54. The molecule has 3 heteroatoms. The Morgan fingerprint density at radius 1 is 1.37 bits per heavy atom. The van der Waals surface area contributed by atoms with Crippen molar-refractivity contribution in [2.24, 2.45) is 5.92 Å². The van der Waals surface area contributed by atoms with E-state index in [1.54, 1.807) is 0 Å². The molecular formula is C16H25NO2. The van der Waals surface area contributed by atoms with Crippen molar-refractivity contribution in [1.29, 1.82) is 0 Å². The lowest BCUT2D eigenvalue weighted by Crippen LogP contribution is -2.31. The summed E-state index contributed by atoms with van der Waals surface area (Å²) in [5.41, 5.74) is 1.18. The summed E-state index contributed by atoms with van der Waals surface area (Å²) in [6.07, 6.45) is 3.25. The molecule has 2 rings (SSSR count). The molecule has 1 aromatic carbocycles. The first-order valence-corrected chi connectivity index (χ1v) is 7.22. The van der Waals surface area contributed by atoms with Crippen LogP contribution >= 0.6 is 0 Å². The van der Waals surface area contributed by atoms with Crippen molar-refractivity contribution >= 4 is 0 Å². The number of nitrogens with zero attached hydrogens (tertiary/aromatic N) is 1. The molecule has 0 spiro atoms. The van der Waals surface area contributed by atoms with Crippen LogP contribution in [-0.4, -0.2) is 42.9 Å². The van der Waals surface area contributed by atoms with Gasteiger partial charge < -0.3 is 14.7 Å². The Hall–Kier alpha value is -1.06. The zero-order valence-electron chi connectivity index (χ0n) is 12.0. The van der Waals surface area contributed by atoms with E-state index in [1.165, 1.54) is 18.4 Å². The van der Waals surface area contributed by atoms with Crippen LogP contribution in [0.15, 0.2) is 24.3 Å². The molecule has 19 heavy (non-hydrogen) atoms. The van der Waals surface area contributed by atoms with Gasteiger partial charge >= 0.3 is 0 Å². The molecule has 0 aromatic heterocycles. The van der Waals surface area contributed by atoms with E-state index in [2.05, 4.69) is 24.9 Å². The maximum Gasteiger partial charge on any atom is 0.122 e. The van der Waals surface area contributed by atoms with Crippen molar-refractivity contribution in [3.63, 3.8) is 0 Å². The molecule has 0 saturated heterocycles. The number of benzene rings is 1. The molecule has 1 aromatic rings. The number of para-hydroxylation sites is 1. The van der Waals surface area contributed by atoms with Gasteiger partial charge in [-0.3, -0.25) is 0 Å². The largest absolute Gasteiger partial charge is 0.493 e. The van der Waals surface area contributed by atoms with Crippen LogP contribution in [0.2, 0.25) is 0 Å². The average molecular weight is 263 g/mol. The molecule has 0 aliphatic heterocycles. The highest BCUT2D eigenvalue weighted by atomic mass is 16.5. The quantitative estimate of drug-likeness (QED) is 0.731. The van der Waals surface area contributed by atoms with Crippen LogP contribution in [-0.2, 0) is 0 Å². The Balaban J connectivity index is 1.59. The third-order valence-corrected chi connectivity index (χ3v) is 3.70. The molecule has 0 radical (unpaired) electrons. The number of aliphatic hydroxyl groups excluding tert-OH is 1. The van der Waals surface area contributed by atoms with E-state index in [1.807, 2.05) is 18.2 Å². The van der Waals surface area contributed by atoms with Gasteiger partial charge in [0, 0.05) is 13.1 Å². The van der Waals surface area contributed by atoms with Crippen molar-refractivity contribution in [1.82, 2.24) is 4.90 Å². The SMILES string of the molecule is Cc1ccccc1OCCCN(C)CC(O)C1CC1. The third-order valence-electron chi connectivity index (χ3n) is 3.70. The summed E-state index contributed by atoms with van der Waals surface area (Å²) in [4.78, 5) is 2.20. The molecular weight excluding hydrogens is 238 g/mol. The van der Waals surface area contributed by atoms with Crippen molar-refractivity contribution in [2.75, 3.05) is 26.7 Å². The normalized spacial score (nSPS) is 16.6. The Kier molecular flexibility index (Phi) is 5.23. The minimum Gasteiger partial charge on any atom is -0.493 e. The molecule has 0 amide bonds. The number of ether oxygens (including phenoxy) is 1. The standard InChI is InChI=1S/C16H25NO2/c1-13-6-3-4-7-16(13)19-11-5-10-17(2)12-15(18)14-8-9-14/h3-4,6-7,14-15,18H,5,8-12H2,1-2H3. The summed E-state index contributed by atoms with van der Waals surface area (Å²) < 4.78 is 5.76. The second-order valence-corrected chi connectivity index (χ2v) is 5.63. The second kappa shape index (κ2) is 6.92. The van der Waals surface area contributed by atoms with Gasteiger partial charge in [-0.05, 0) is 50.8 Å². The van der Waals surface area contributed by atoms with Gasteiger partial charge in [-0.25, -0.2) is 0 Å². The topological polar surface area (TPSA) is 32.7 Å². The first kappa shape index (κ1) is 14.4. The molecule has 1 fully saturated rings. The van der Waals surface area contributed by atoms with Gasteiger partial charge in [-0.1, -0.05) is 18.2 Å². The first-order chi connectivity index (χ1) is 9.16. The highest BCUT2D eigenvalue weighted by Gasteiger charge is 2.30. The monoisotopic (exact) mass is 263 g/mol. The van der Waals surface area contributed by atoms with Gasteiger partial charge in [-0.15, -0.1) is 0 Å². The van der Waals surface area contributed by atoms with E-state index in [9.17, 15) is 5.11 Å². The van der Waals surface area contributed by atoms with E-state index < -0.39 is 0 Å². The molecule has 1 atom stereocenters. The lowest BCUT2D eigenvalue weighted by atomic mass is 10.2. The highest BCUT2D eigenvalue weighted by molar-refractivity contribution is 5.31. The third kappa shape index (κ3) is 4.84. The highest BCUT2D eigenvalue weighted by Crippen LogP contribution is 2.32. The van der Waals surface area contributed by atoms with Gasteiger partial charge in [0.05, 0.1) is 12.7 Å². The molecule has 1 aliphatic rings. The van der Waals surface area contributed by atoms with Crippen LogP contribution in [0.4, 0.5) is 0 Å². The lowest BCUT2D eigenvalue weighted by molar-refractivity contribution is 0.104. The second-order valence-electron chi connectivity index (χ2n) is 5.63. The molecule has 1 saturated carbocycles. The summed E-state index contributed by atoms with van der Waals surface area (Å²) in [7, 11) is 2.07. The number of aliphatic hydroxyl groups is 1. The maximum absolute atomic E-state index is 9.86. The van der Waals surface area contributed by atoms with Crippen molar-refractivity contribution in [2.45, 2.75) is 32.3 Å². The smallest absolute Gasteiger partial charge is 0.122 e. The summed E-state index contributed by atoms with van der Waals surface area (Å²) >= 11 is 0. The van der Waals surface area contributed by atoms with Crippen molar-refractivity contribution in [3.8, 4) is 5.75 Å². The predicted molar refractivity (Wildman–Crippen MR) is 77.5 cm³/mol. The summed E-state index contributed by atoms with van der Waals surface area (Å²) in [6, 6.07) is 8.10. The van der Waals surface area contributed by atoms with E-state index in [0.717, 1.165) is 31.9 Å².